The molecular formula is C26H38FN5O5. The lowest BCUT2D eigenvalue weighted by Gasteiger charge is -2.43. The summed E-state index contributed by atoms with van der Waals surface area (Å²) < 4.78 is 20.4. The van der Waals surface area contributed by atoms with E-state index in [0.29, 0.717) is 76.5 Å². The van der Waals surface area contributed by atoms with E-state index in [-0.39, 0.29) is 18.4 Å². The van der Waals surface area contributed by atoms with Crippen LogP contribution in [0.5, 0.6) is 0 Å². The summed E-state index contributed by atoms with van der Waals surface area (Å²) in [6.45, 7) is 9.55. The number of hydrogen-bond donors (Lipinski definition) is 3. The maximum absolute atomic E-state index is 15.0. The minimum Gasteiger partial charge on any atom is -0.444 e. The lowest BCUT2D eigenvalue weighted by Crippen LogP contribution is -2.56. The van der Waals surface area contributed by atoms with Gasteiger partial charge in [0.15, 0.2) is 0 Å². The zero-order chi connectivity index (χ0) is 26.8. The molecule has 1 aromatic carbocycles. The number of carbonyl (C=O) groups is 3. The van der Waals surface area contributed by atoms with E-state index >= 15 is 0 Å². The van der Waals surface area contributed by atoms with Crippen LogP contribution in [0.1, 0.15) is 46.5 Å². The van der Waals surface area contributed by atoms with Crippen LogP contribution in [0.2, 0.25) is 0 Å². The second-order valence-corrected chi connectivity index (χ2v) is 11.3. The van der Waals surface area contributed by atoms with Gasteiger partial charge < -0.3 is 25.0 Å². The SMILES string of the molecule is CC(C)(C)OC(=O)N1CCN(CC2(O)CCN(c3ccc(NC4CCC(=O)NC4=O)cc3F)CC2)CC1. The lowest BCUT2D eigenvalue weighted by atomic mass is 9.90. The Bertz CT molecular complexity index is 1010. The zero-order valence-electron chi connectivity index (χ0n) is 21.9. The van der Waals surface area contributed by atoms with Crippen LogP contribution in [0.15, 0.2) is 18.2 Å². The molecule has 37 heavy (non-hydrogen) atoms. The number of nitrogens with one attached hydrogen (secondary N) is 2. The Hall–Kier alpha value is -2.92. The number of amides is 3. The first-order valence-electron chi connectivity index (χ1n) is 13.0. The van der Waals surface area contributed by atoms with Crippen LogP contribution in [0.25, 0.3) is 0 Å². The third kappa shape index (κ3) is 7.10. The molecule has 1 aromatic rings. The van der Waals surface area contributed by atoms with E-state index in [2.05, 4.69) is 15.5 Å². The molecular weight excluding hydrogens is 481 g/mol. The van der Waals surface area contributed by atoms with E-state index in [1.165, 1.54) is 6.07 Å². The highest BCUT2D eigenvalue weighted by atomic mass is 19.1. The Morgan fingerprint density at radius 3 is 2.43 bits per heavy atom. The molecule has 0 radical (unpaired) electrons. The van der Waals surface area contributed by atoms with Crippen molar-refractivity contribution in [3.63, 3.8) is 0 Å². The van der Waals surface area contributed by atoms with Crippen molar-refractivity contribution >= 4 is 29.3 Å². The van der Waals surface area contributed by atoms with Gasteiger partial charge in [-0.25, -0.2) is 9.18 Å². The van der Waals surface area contributed by atoms with Crippen molar-refractivity contribution in [2.24, 2.45) is 0 Å². The summed E-state index contributed by atoms with van der Waals surface area (Å²) in [4.78, 5) is 41.4. The summed E-state index contributed by atoms with van der Waals surface area (Å²) in [6, 6.07) is 4.21. The first kappa shape index (κ1) is 27.1. The molecule has 3 fully saturated rings. The van der Waals surface area contributed by atoms with Crippen molar-refractivity contribution in [2.45, 2.75) is 63.7 Å². The third-order valence-corrected chi connectivity index (χ3v) is 7.10. The van der Waals surface area contributed by atoms with Gasteiger partial charge in [-0.05, 0) is 58.2 Å². The summed E-state index contributed by atoms with van der Waals surface area (Å²) in [5.41, 5.74) is -0.452. The van der Waals surface area contributed by atoms with Crippen LogP contribution in [0.3, 0.4) is 0 Å². The van der Waals surface area contributed by atoms with Gasteiger partial charge in [-0.3, -0.25) is 19.8 Å². The predicted octanol–water partition coefficient (Wildman–Crippen LogP) is 1.93. The molecule has 3 aliphatic heterocycles. The quantitative estimate of drug-likeness (QED) is 0.506. The van der Waals surface area contributed by atoms with Crippen molar-refractivity contribution in [1.29, 1.82) is 0 Å². The van der Waals surface area contributed by atoms with Gasteiger partial charge in [-0.15, -0.1) is 0 Å². The number of halogens is 1. The molecule has 0 bridgehead atoms. The van der Waals surface area contributed by atoms with Crippen LogP contribution in [-0.4, -0.2) is 95.9 Å². The largest absolute Gasteiger partial charge is 0.444 e. The van der Waals surface area contributed by atoms with Crippen molar-refractivity contribution < 1.29 is 28.6 Å². The van der Waals surface area contributed by atoms with Gasteiger partial charge in [0.1, 0.15) is 17.5 Å². The second-order valence-electron chi connectivity index (χ2n) is 11.3. The van der Waals surface area contributed by atoms with Crippen LogP contribution < -0.4 is 15.5 Å². The van der Waals surface area contributed by atoms with Gasteiger partial charge in [0.05, 0.1) is 11.3 Å². The number of anilines is 2. The number of carbonyl (C=O) groups excluding carboxylic acids is 3. The molecule has 10 nitrogen and oxygen atoms in total. The number of aliphatic hydroxyl groups is 1. The molecule has 3 saturated heterocycles. The summed E-state index contributed by atoms with van der Waals surface area (Å²) in [5, 5.41) is 16.5. The number of imide groups is 1. The number of β-amino-alcohol motifs (C(OH)–C–C–N with tert-alkyl or cyclic N) is 1. The Balaban J connectivity index is 1.25. The number of nitrogens with zero attached hydrogens (tertiary/aromatic N) is 3. The van der Waals surface area contributed by atoms with E-state index in [1.807, 2.05) is 25.7 Å². The molecule has 0 saturated carbocycles. The predicted molar refractivity (Wildman–Crippen MR) is 137 cm³/mol. The molecule has 4 rings (SSSR count). The molecule has 3 aliphatic rings. The fraction of sp³-hybridized carbons (Fsp3) is 0.654. The fourth-order valence-corrected chi connectivity index (χ4v) is 5.04. The third-order valence-electron chi connectivity index (χ3n) is 7.10. The van der Waals surface area contributed by atoms with E-state index in [0.717, 1.165) is 0 Å². The summed E-state index contributed by atoms with van der Waals surface area (Å²) in [7, 11) is 0. The summed E-state index contributed by atoms with van der Waals surface area (Å²) >= 11 is 0. The molecule has 3 amide bonds. The van der Waals surface area contributed by atoms with E-state index in [9.17, 15) is 23.9 Å². The minimum absolute atomic E-state index is 0.250. The average Bonchev–Trinajstić information content (AvgIpc) is 2.81. The Labute approximate surface area is 217 Å². The Morgan fingerprint density at radius 2 is 1.84 bits per heavy atom. The summed E-state index contributed by atoms with van der Waals surface area (Å²) in [5.74, 6) is -1.10. The number of piperazine rings is 1. The van der Waals surface area contributed by atoms with Crippen molar-refractivity contribution in [1.82, 2.24) is 15.1 Å². The number of rotatable bonds is 5. The lowest BCUT2D eigenvalue weighted by molar-refractivity contribution is -0.133. The van der Waals surface area contributed by atoms with Gasteiger partial charge in [0, 0.05) is 57.9 Å². The molecule has 0 aliphatic carbocycles. The van der Waals surface area contributed by atoms with Crippen LogP contribution in [0.4, 0.5) is 20.6 Å². The van der Waals surface area contributed by atoms with Gasteiger partial charge in [0.2, 0.25) is 11.8 Å². The first-order valence-corrected chi connectivity index (χ1v) is 13.0. The standard InChI is InChI=1S/C26H38FN5O5/c1-25(2,3)37-24(35)32-14-12-30(13-15-32)17-26(36)8-10-31(11-9-26)21-6-4-18(16-19(21)27)28-20-5-7-22(33)29-23(20)34/h4,6,16,20,28,36H,5,7-15,17H2,1-3H3,(H,29,33,34). The normalized spacial score (nSPS) is 23.0. The van der Waals surface area contributed by atoms with Gasteiger partial charge in [-0.1, -0.05) is 0 Å². The van der Waals surface area contributed by atoms with Gasteiger partial charge in [0.25, 0.3) is 0 Å². The molecule has 0 aromatic heterocycles. The van der Waals surface area contributed by atoms with Crippen molar-refractivity contribution in [3.05, 3.63) is 24.0 Å². The number of benzene rings is 1. The van der Waals surface area contributed by atoms with E-state index in [4.69, 9.17) is 4.74 Å². The monoisotopic (exact) mass is 519 g/mol. The fourth-order valence-electron chi connectivity index (χ4n) is 5.04. The van der Waals surface area contributed by atoms with Gasteiger partial charge in [-0.2, -0.15) is 0 Å². The number of ether oxygens (including phenoxy) is 1. The van der Waals surface area contributed by atoms with Crippen molar-refractivity contribution in [3.8, 4) is 0 Å². The van der Waals surface area contributed by atoms with Crippen LogP contribution in [0, 0.1) is 5.82 Å². The minimum atomic E-state index is -0.867. The Kier molecular flexibility index (Phi) is 7.94. The second kappa shape index (κ2) is 10.8. The first-order chi connectivity index (χ1) is 17.4. The van der Waals surface area contributed by atoms with E-state index < -0.39 is 29.0 Å². The molecule has 1 unspecified atom stereocenters. The highest BCUT2D eigenvalue weighted by Crippen LogP contribution is 2.31. The van der Waals surface area contributed by atoms with Crippen molar-refractivity contribution in [2.75, 3.05) is 56.0 Å². The average molecular weight is 520 g/mol. The van der Waals surface area contributed by atoms with Gasteiger partial charge >= 0.3 is 6.09 Å². The molecule has 3 N–H and O–H groups in total. The van der Waals surface area contributed by atoms with E-state index in [1.54, 1.807) is 17.0 Å². The molecule has 11 heteroatoms. The number of piperidine rings is 2. The topological polar surface area (TPSA) is 114 Å². The molecule has 3 heterocycles. The van der Waals surface area contributed by atoms with Crippen LogP contribution in [-0.2, 0) is 14.3 Å². The highest BCUT2D eigenvalue weighted by Gasteiger charge is 2.36. The molecule has 1 atom stereocenters. The Morgan fingerprint density at radius 1 is 1.16 bits per heavy atom. The maximum Gasteiger partial charge on any atom is 0.410 e. The summed E-state index contributed by atoms with van der Waals surface area (Å²) in [6.07, 6.45) is 1.33. The smallest absolute Gasteiger partial charge is 0.410 e. The molecule has 0 spiro atoms. The zero-order valence-corrected chi connectivity index (χ0v) is 21.9. The highest BCUT2D eigenvalue weighted by molar-refractivity contribution is 6.01. The maximum atomic E-state index is 15.0. The molecule has 204 valence electrons. The number of hydrogen-bond acceptors (Lipinski definition) is 8. The van der Waals surface area contributed by atoms with Crippen LogP contribution >= 0.6 is 0 Å².